The fraction of sp³-hybridized carbons (Fsp3) is 0.545. The summed E-state index contributed by atoms with van der Waals surface area (Å²) in [6, 6.07) is 3.87. The third-order valence-electron chi connectivity index (χ3n) is 1.79. The summed E-state index contributed by atoms with van der Waals surface area (Å²) >= 11 is 0. The van der Waals surface area contributed by atoms with Crippen LogP contribution in [0.2, 0.25) is 0 Å². The van der Waals surface area contributed by atoms with Crippen LogP contribution in [0.5, 0.6) is 0 Å². The Balaban J connectivity index is 2.73. The lowest BCUT2D eigenvalue weighted by atomic mass is 10.1. The Hall–Kier alpha value is -0.930. The Morgan fingerprint density at radius 2 is 1.93 bits per heavy atom. The molecule has 0 aliphatic heterocycles. The van der Waals surface area contributed by atoms with Crippen molar-refractivity contribution in [1.82, 2.24) is 4.98 Å². The molecule has 1 atom stereocenters. The number of rotatable bonds is 3. The maximum Gasteiger partial charge on any atom is 0.0955 e. The van der Waals surface area contributed by atoms with E-state index in [2.05, 4.69) is 4.98 Å². The molecule has 0 aliphatic carbocycles. The van der Waals surface area contributed by atoms with Gasteiger partial charge in [0.2, 0.25) is 0 Å². The van der Waals surface area contributed by atoms with Gasteiger partial charge < -0.3 is 10.5 Å². The molecule has 2 N–H and O–H groups in total. The third-order valence-corrected chi connectivity index (χ3v) is 1.79. The molecule has 78 valence electrons. The van der Waals surface area contributed by atoms with Crippen molar-refractivity contribution in [1.29, 1.82) is 0 Å². The first kappa shape index (κ1) is 11.1. The lowest BCUT2D eigenvalue weighted by Crippen LogP contribution is -2.27. The number of nitrogens with zero attached hydrogens (tertiary/aromatic N) is 1. The van der Waals surface area contributed by atoms with Gasteiger partial charge in [-0.25, -0.2) is 0 Å². The molecule has 0 saturated heterocycles. The van der Waals surface area contributed by atoms with Crippen molar-refractivity contribution in [2.75, 3.05) is 6.54 Å². The van der Waals surface area contributed by atoms with Gasteiger partial charge in [-0.15, -0.1) is 0 Å². The quantitative estimate of drug-likeness (QED) is 0.799. The highest BCUT2D eigenvalue weighted by atomic mass is 16.5. The highest BCUT2D eigenvalue weighted by molar-refractivity contribution is 5.13. The van der Waals surface area contributed by atoms with Crippen molar-refractivity contribution in [2.24, 2.45) is 5.73 Å². The van der Waals surface area contributed by atoms with Crippen LogP contribution in [0.25, 0.3) is 0 Å². The molecule has 1 unspecified atom stereocenters. The van der Waals surface area contributed by atoms with E-state index in [0.717, 1.165) is 5.56 Å². The molecule has 0 spiro atoms. The Bertz CT molecular complexity index is 266. The van der Waals surface area contributed by atoms with Crippen LogP contribution >= 0.6 is 0 Å². The fourth-order valence-electron chi connectivity index (χ4n) is 1.26. The van der Waals surface area contributed by atoms with Gasteiger partial charge in [-0.05, 0) is 38.5 Å². The molecule has 0 aromatic carbocycles. The van der Waals surface area contributed by atoms with E-state index in [1.165, 1.54) is 0 Å². The van der Waals surface area contributed by atoms with Gasteiger partial charge in [0.1, 0.15) is 0 Å². The second-order valence-corrected chi connectivity index (χ2v) is 4.24. The number of hydrogen-bond donors (Lipinski definition) is 1. The molecule has 0 amide bonds. The minimum absolute atomic E-state index is 0.0435. The van der Waals surface area contributed by atoms with Crippen LogP contribution in [0.4, 0.5) is 0 Å². The minimum Gasteiger partial charge on any atom is -0.367 e. The van der Waals surface area contributed by atoms with E-state index in [1.54, 1.807) is 12.4 Å². The molecular formula is C11H18N2O. The highest BCUT2D eigenvalue weighted by Gasteiger charge is 2.18. The van der Waals surface area contributed by atoms with Gasteiger partial charge in [0.25, 0.3) is 0 Å². The lowest BCUT2D eigenvalue weighted by molar-refractivity contribution is -0.0573. The molecule has 1 aromatic heterocycles. The number of ether oxygens (including phenoxy) is 1. The molecule has 0 fully saturated rings. The molecule has 14 heavy (non-hydrogen) atoms. The number of nitrogens with two attached hydrogens (primary N) is 1. The SMILES string of the molecule is CC(C)(C)OC(CN)c1ccncc1. The first-order valence-corrected chi connectivity index (χ1v) is 4.81. The largest absolute Gasteiger partial charge is 0.367 e. The van der Waals surface area contributed by atoms with E-state index < -0.39 is 0 Å². The Labute approximate surface area is 85.3 Å². The lowest BCUT2D eigenvalue weighted by Gasteiger charge is -2.26. The monoisotopic (exact) mass is 194 g/mol. The van der Waals surface area contributed by atoms with Gasteiger partial charge in [0, 0.05) is 18.9 Å². The van der Waals surface area contributed by atoms with E-state index in [4.69, 9.17) is 10.5 Å². The van der Waals surface area contributed by atoms with Crippen LogP contribution in [-0.4, -0.2) is 17.1 Å². The Kier molecular flexibility index (Phi) is 3.61. The van der Waals surface area contributed by atoms with Gasteiger partial charge in [0.05, 0.1) is 11.7 Å². The zero-order valence-corrected chi connectivity index (χ0v) is 9.03. The number of aromatic nitrogens is 1. The summed E-state index contributed by atoms with van der Waals surface area (Å²) in [5.41, 5.74) is 6.57. The van der Waals surface area contributed by atoms with Gasteiger partial charge >= 0.3 is 0 Å². The van der Waals surface area contributed by atoms with E-state index in [0.29, 0.717) is 6.54 Å². The summed E-state index contributed by atoms with van der Waals surface area (Å²) in [7, 11) is 0. The predicted molar refractivity (Wildman–Crippen MR) is 56.9 cm³/mol. The van der Waals surface area contributed by atoms with Gasteiger partial charge in [-0.1, -0.05) is 0 Å². The second kappa shape index (κ2) is 4.53. The third kappa shape index (κ3) is 3.44. The van der Waals surface area contributed by atoms with E-state index >= 15 is 0 Å². The summed E-state index contributed by atoms with van der Waals surface area (Å²) in [5.74, 6) is 0. The maximum atomic E-state index is 5.82. The number of hydrogen-bond acceptors (Lipinski definition) is 3. The molecule has 1 rings (SSSR count). The second-order valence-electron chi connectivity index (χ2n) is 4.24. The average Bonchev–Trinajstić information content (AvgIpc) is 2.14. The topological polar surface area (TPSA) is 48.1 Å². The van der Waals surface area contributed by atoms with Crippen LogP contribution in [0, 0.1) is 0 Å². The van der Waals surface area contributed by atoms with Crippen molar-refractivity contribution >= 4 is 0 Å². The molecule has 3 nitrogen and oxygen atoms in total. The average molecular weight is 194 g/mol. The zero-order valence-electron chi connectivity index (χ0n) is 9.03. The summed E-state index contributed by atoms with van der Waals surface area (Å²) < 4.78 is 5.82. The van der Waals surface area contributed by atoms with E-state index in [1.807, 2.05) is 32.9 Å². The van der Waals surface area contributed by atoms with Crippen molar-refractivity contribution in [3.63, 3.8) is 0 Å². The smallest absolute Gasteiger partial charge is 0.0955 e. The molecule has 0 saturated carbocycles. The number of pyridine rings is 1. The van der Waals surface area contributed by atoms with Crippen LogP contribution in [0.15, 0.2) is 24.5 Å². The van der Waals surface area contributed by atoms with Crippen molar-refractivity contribution in [3.05, 3.63) is 30.1 Å². The molecule has 0 radical (unpaired) electrons. The summed E-state index contributed by atoms with van der Waals surface area (Å²) in [6.45, 7) is 6.56. The van der Waals surface area contributed by atoms with Gasteiger partial charge in [0.15, 0.2) is 0 Å². The molecule has 3 heteroatoms. The zero-order chi connectivity index (χ0) is 10.6. The first-order chi connectivity index (χ1) is 6.53. The summed E-state index contributed by atoms with van der Waals surface area (Å²) in [6.07, 6.45) is 3.46. The van der Waals surface area contributed by atoms with Gasteiger partial charge in [-0.3, -0.25) is 4.98 Å². The molecule has 0 aliphatic rings. The van der Waals surface area contributed by atoms with Crippen molar-refractivity contribution in [2.45, 2.75) is 32.5 Å². The van der Waals surface area contributed by atoms with E-state index in [-0.39, 0.29) is 11.7 Å². The highest BCUT2D eigenvalue weighted by Crippen LogP contribution is 2.22. The molecule has 1 heterocycles. The standard InChI is InChI=1S/C11H18N2O/c1-11(2,3)14-10(8-12)9-4-6-13-7-5-9/h4-7,10H,8,12H2,1-3H3. The van der Waals surface area contributed by atoms with Crippen molar-refractivity contribution in [3.8, 4) is 0 Å². The van der Waals surface area contributed by atoms with Crippen LogP contribution in [0.1, 0.15) is 32.4 Å². The molecule has 0 bridgehead atoms. The predicted octanol–water partition coefficient (Wildman–Crippen LogP) is 1.90. The Morgan fingerprint density at radius 3 is 2.36 bits per heavy atom. The maximum absolute atomic E-state index is 5.82. The summed E-state index contributed by atoms with van der Waals surface area (Å²) in [4.78, 5) is 3.96. The van der Waals surface area contributed by atoms with Crippen molar-refractivity contribution < 1.29 is 4.74 Å². The molecular weight excluding hydrogens is 176 g/mol. The van der Waals surface area contributed by atoms with Crippen LogP contribution < -0.4 is 5.73 Å². The summed E-state index contributed by atoms with van der Waals surface area (Å²) in [5, 5.41) is 0. The first-order valence-electron chi connectivity index (χ1n) is 4.81. The molecule has 1 aromatic rings. The van der Waals surface area contributed by atoms with Crippen LogP contribution in [-0.2, 0) is 4.74 Å². The van der Waals surface area contributed by atoms with Crippen LogP contribution in [0.3, 0.4) is 0 Å². The normalized spacial score (nSPS) is 14.0. The minimum atomic E-state index is -0.173. The van der Waals surface area contributed by atoms with E-state index in [9.17, 15) is 0 Å². The van der Waals surface area contributed by atoms with Gasteiger partial charge in [-0.2, -0.15) is 0 Å². The Morgan fingerprint density at radius 1 is 1.36 bits per heavy atom. The fourth-order valence-corrected chi connectivity index (χ4v) is 1.26.